The Hall–Kier alpha value is -1.22. The van der Waals surface area contributed by atoms with E-state index in [-0.39, 0.29) is 23.6 Å². The van der Waals surface area contributed by atoms with E-state index >= 15 is 0 Å². The van der Waals surface area contributed by atoms with Crippen molar-refractivity contribution in [2.45, 2.75) is 42.7 Å². The highest BCUT2D eigenvalue weighted by molar-refractivity contribution is 7.89. The van der Waals surface area contributed by atoms with E-state index in [1.54, 1.807) is 30.3 Å². The molecule has 9 heteroatoms. The lowest BCUT2D eigenvalue weighted by molar-refractivity contribution is 0.170. The minimum absolute atomic E-state index is 0.0633. The maximum Gasteiger partial charge on any atom is 0.240 e. The molecule has 3 rings (SSSR count). The van der Waals surface area contributed by atoms with E-state index in [1.165, 1.54) is 6.20 Å². The number of rotatable bonds is 7. The van der Waals surface area contributed by atoms with Gasteiger partial charge in [0, 0.05) is 23.8 Å². The van der Waals surface area contributed by atoms with Crippen LogP contribution in [0, 0.1) is 5.92 Å². The fourth-order valence-electron chi connectivity index (χ4n) is 3.82. The fourth-order valence-corrected chi connectivity index (χ4v) is 5.62. The highest BCUT2D eigenvalue weighted by Crippen LogP contribution is 2.30. The van der Waals surface area contributed by atoms with Gasteiger partial charge in [0.2, 0.25) is 10.0 Å². The quantitative estimate of drug-likeness (QED) is 0.591. The molecule has 158 valence electrons. The Morgan fingerprint density at radius 2 is 1.83 bits per heavy atom. The second kappa shape index (κ2) is 9.73. The Bertz CT molecular complexity index is 926. The summed E-state index contributed by atoms with van der Waals surface area (Å²) in [5, 5.41) is 13.4. The molecule has 0 spiro atoms. The number of aliphatic hydroxyl groups excluding tert-OH is 1. The molecule has 1 atom stereocenters. The number of hydrogen-bond donors (Lipinski definition) is 3. The average molecular weight is 458 g/mol. The van der Waals surface area contributed by atoms with Crippen LogP contribution in [0.3, 0.4) is 0 Å². The van der Waals surface area contributed by atoms with Crippen LogP contribution >= 0.6 is 23.2 Å². The highest BCUT2D eigenvalue weighted by Gasteiger charge is 2.29. The Labute approximate surface area is 181 Å². The van der Waals surface area contributed by atoms with E-state index in [1.807, 2.05) is 7.05 Å². The molecule has 0 bridgehead atoms. The largest absolute Gasteiger partial charge is 0.395 e. The molecule has 1 fully saturated rings. The third-order valence-corrected chi connectivity index (χ3v) is 7.51. The van der Waals surface area contributed by atoms with Gasteiger partial charge in [0.15, 0.2) is 0 Å². The van der Waals surface area contributed by atoms with Gasteiger partial charge < -0.3 is 10.4 Å². The van der Waals surface area contributed by atoms with Crippen molar-refractivity contribution >= 4 is 33.2 Å². The Kier molecular flexibility index (Phi) is 7.53. The minimum atomic E-state index is -3.61. The van der Waals surface area contributed by atoms with E-state index in [9.17, 15) is 13.5 Å². The van der Waals surface area contributed by atoms with Gasteiger partial charge in [-0.1, -0.05) is 35.3 Å². The summed E-state index contributed by atoms with van der Waals surface area (Å²) in [5.74, 6) is 0.363. The molecule has 29 heavy (non-hydrogen) atoms. The predicted octanol–water partition coefficient (Wildman–Crippen LogP) is 3.47. The minimum Gasteiger partial charge on any atom is -0.395 e. The van der Waals surface area contributed by atoms with Crippen LogP contribution in [0.1, 0.15) is 25.7 Å². The zero-order chi connectivity index (χ0) is 21.0. The van der Waals surface area contributed by atoms with Gasteiger partial charge in [0.1, 0.15) is 0 Å². The molecule has 1 heterocycles. The molecular weight excluding hydrogens is 433 g/mol. The standard InChI is InChI=1S/C20H25Cl2N3O3S/c1-23-19(12-26)13-2-6-16(7-3-13)25-29(27,28)17-8-4-14(5-9-17)20-18(22)10-15(21)11-24-20/h4-5,8-11,13,16,19,23,25-26H,2-3,6-7,12H2,1H3. The normalized spacial score (nSPS) is 21.1. The molecule has 0 radical (unpaired) electrons. The van der Waals surface area contributed by atoms with Gasteiger partial charge in [0.25, 0.3) is 0 Å². The van der Waals surface area contributed by atoms with E-state index in [0.717, 1.165) is 25.7 Å². The van der Waals surface area contributed by atoms with Gasteiger partial charge >= 0.3 is 0 Å². The Balaban J connectivity index is 1.66. The van der Waals surface area contributed by atoms with E-state index < -0.39 is 10.0 Å². The molecule has 0 saturated heterocycles. The van der Waals surface area contributed by atoms with Crippen LogP contribution in [0.15, 0.2) is 41.4 Å². The SMILES string of the molecule is CNC(CO)C1CCC(NS(=O)(=O)c2ccc(-c3ncc(Cl)cc3Cl)cc2)CC1. The number of nitrogens with one attached hydrogen (secondary N) is 2. The summed E-state index contributed by atoms with van der Waals surface area (Å²) in [6.07, 6.45) is 4.76. The van der Waals surface area contributed by atoms with Crippen LogP contribution in [0.2, 0.25) is 10.0 Å². The second-order valence-electron chi connectivity index (χ2n) is 7.32. The average Bonchev–Trinajstić information content (AvgIpc) is 2.70. The van der Waals surface area contributed by atoms with Gasteiger partial charge in [-0.3, -0.25) is 4.98 Å². The predicted molar refractivity (Wildman–Crippen MR) is 116 cm³/mol. The smallest absolute Gasteiger partial charge is 0.240 e. The lowest BCUT2D eigenvalue weighted by Gasteiger charge is -2.33. The topological polar surface area (TPSA) is 91.3 Å². The van der Waals surface area contributed by atoms with Crippen molar-refractivity contribution in [3.8, 4) is 11.3 Å². The van der Waals surface area contributed by atoms with Crippen molar-refractivity contribution in [1.82, 2.24) is 15.0 Å². The monoisotopic (exact) mass is 457 g/mol. The number of benzene rings is 1. The lowest BCUT2D eigenvalue weighted by atomic mass is 9.82. The summed E-state index contributed by atoms with van der Waals surface area (Å²) in [4.78, 5) is 4.42. The first-order chi connectivity index (χ1) is 13.8. The summed E-state index contributed by atoms with van der Waals surface area (Å²) >= 11 is 12.1. The molecule has 1 unspecified atom stereocenters. The number of sulfonamides is 1. The van der Waals surface area contributed by atoms with Crippen LogP contribution in [0.25, 0.3) is 11.3 Å². The molecule has 1 aliphatic rings. The number of nitrogens with zero attached hydrogens (tertiary/aromatic N) is 1. The number of aliphatic hydroxyl groups is 1. The van der Waals surface area contributed by atoms with Gasteiger partial charge in [-0.25, -0.2) is 13.1 Å². The van der Waals surface area contributed by atoms with Gasteiger partial charge in [-0.2, -0.15) is 0 Å². The molecule has 1 saturated carbocycles. The third-order valence-electron chi connectivity index (χ3n) is 5.48. The summed E-state index contributed by atoms with van der Waals surface area (Å²) in [7, 11) is -1.77. The third kappa shape index (κ3) is 5.48. The molecule has 2 aromatic rings. The zero-order valence-electron chi connectivity index (χ0n) is 16.1. The fraction of sp³-hybridized carbons (Fsp3) is 0.450. The van der Waals surface area contributed by atoms with Gasteiger partial charge in [0.05, 0.1) is 27.2 Å². The van der Waals surface area contributed by atoms with Crippen LogP contribution in [0.4, 0.5) is 0 Å². The van der Waals surface area contributed by atoms with E-state index in [4.69, 9.17) is 23.2 Å². The van der Waals surface area contributed by atoms with Crippen molar-refractivity contribution in [1.29, 1.82) is 0 Å². The molecule has 3 N–H and O–H groups in total. The van der Waals surface area contributed by atoms with Gasteiger partial charge in [-0.05, 0) is 56.8 Å². The molecule has 1 aliphatic carbocycles. The van der Waals surface area contributed by atoms with Crippen molar-refractivity contribution < 1.29 is 13.5 Å². The number of aromatic nitrogens is 1. The summed E-state index contributed by atoms with van der Waals surface area (Å²) < 4.78 is 28.3. The maximum absolute atomic E-state index is 12.8. The molecule has 0 aliphatic heterocycles. The van der Waals surface area contributed by atoms with Crippen molar-refractivity contribution in [3.63, 3.8) is 0 Å². The number of halogens is 2. The number of likely N-dealkylation sites (N-methyl/N-ethyl adjacent to an activating group) is 1. The first-order valence-corrected chi connectivity index (χ1v) is 11.8. The first-order valence-electron chi connectivity index (χ1n) is 9.56. The molecular formula is C20H25Cl2N3O3S. The molecule has 1 aromatic carbocycles. The van der Waals surface area contributed by atoms with Crippen LogP contribution in [-0.4, -0.2) is 44.2 Å². The molecule has 0 amide bonds. The molecule has 1 aromatic heterocycles. The number of pyridine rings is 1. The summed E-state index contributed by atoms with van der Waals surface area (Å²) in [5.41, 5.74) is 1.27. The van der Waals surface area contributed by atoms with Crippen molar-refractivity contribution in [2.75, 3.05) is 13.7 Å². The zero-order valence-corrected chi connectivity index (χ0v) is 18.4. The maximum atomic E-state index is 12.8. The molecule has 6 nitrogen and oxygen atoms in total. The van der Waals surface area contributed by atoms with E-state index in [0.29, 0.717) is 27.2 Å². The first kappa shape index (κ1) is 22.5. The highest BCUT2D eigenvalue weighted by atomic mass is 35.5. The Morgan fingerprint density at radius 3 is 2.38 bits per heavy atom. The van der Waals surface area contributed by atoms with Crippen LogP contribution in [0.5, 0.6) is 0 Å². The number of hydrogen-bond acceptors (Lipinski definition) is 5. The van der Waals surface area contributed by atoms with Crippen molar-refractivity contribution in [2.24, 2.45) is 5.92 Å². The van der Waals surface area contributed by atoms with Crippen LogP contribution < -0.4 is 10.0 Å². The van der Waals surface area contributed by atoms with Crippen LogP contribution in [-0.2, 0) is 10.0 Å². The lowest BCUT2D eigenvalue weighted by Crippen LogP contribution is -2.43. The van der Waals surface area contributed by atoms with Crippen molar-refractivity contribution in [3.05, 3.63) is 46.6 Å². The summed E-state index contributed by atoms with van der Waals surface area (Å²) in [6, 6.07) is 8.05. The Morgan fingerprint density at radius 1 is 1.17 bits per heavy atom. The van der Waals surface area contributed by atoms with Gasteiger partial charge in [-0.15, -0.1) is 0 Å². The summed E-state index contributed by atoms with van der Waals surface area (Å²) in [6.45, 7) is 0.0937. The second-order valence-corrected chi connectivity index (χ2v) is 9.88. The van der Waals surface area contributed by atoms with E-state index in [2.05, 4.69) is 15.0 Å².